The van der Waals surface area contributed by atoms with Crippen molar-refractivity contribution in [1.29, 1.82) is 0 Å². The Balaban J connectivity index is 1.85. The van der Waals surface area contributed by atoms with Crippen LogP contribution in [0.25, 0.3) is 0 Å². The van der Waals surface area contributed by atoms with Gasteiger partial charge in [-0.25, -0.2) is 0 Å². The zero-order valence-corrected chi connectivity index (χ0v) is 9.35. The highest BCUT2D eigenvalue weighted by Gasteiger charge is 2.49. The fourth-order valence-electron chi connectivity index (χ4n) is 2.10. The topological polar surface area (TPSA) is 48.2 Å². The number of nitrogens with zero attached hydrogens (tertiary/aromatic N) is 2. The molecular formula is C12H10F2N2O2. The summed E-state index contributed by atoms with van der Waals surface area (Å²) in [6, 6.07) is 6.59. The summed E-state index contributed by atoms with van der Waals surface area (Å²) in [5.41, 5.74) is 0.779. The Labute approximate surface area is 102 Å². The third kappa shape index (κ3) is 1.83. The number of alkyl halides is 2. The van der Waals surface area contributed by atoms with Crippen LogP contribution in [0.1, 0.15) is 24.2 Å². The summed E-state index contributed by atoms with van der Waals surface area (Å²) in [6.07, 6.45) is 3.16. The van der Waals surface area contributed by atoms with E-state index in [2.05, 4.69) is 14.9 Å². The van der Waals surface area contributed by atoms with E-state index in [0.717, 1.165) is 18.4 Å². The number of benzene rings is 1. The largest absolute Gasteiger partial charge is 0.435 e. The first-order valence-corrected chi connectivity index (χ1v) is 5.53. The second-order valence-corrected chi connectivity index (χ2v) is 4.24. The molecule has 1 aliphatic carbocycles. The summed E-state index contributed by atoms with van der Waals surface area (Å²) in [6.45, 7) is -2.80. The highest BCUT2D eigenvalue weighted by Crippen LogP contribution is 2.52. The van der Waals surface area contributed by atoms with Crippen LogP contribution in [-0.4, -0.2) is 16.8 Å². The van der Waals surface area contributed by atoms with E-state index in [1.165, 1.54) is 18.5 Å². The second-order valence-electron chi connectivity index (χ2n) is 4.24. The molecule has 0 bridgehead atoms. The Morgan fingerprint density at radius 2 is 1.94 bits per heavy atom. The zero-order valence-electron chi connectivity index (χ0n) is 9.35. The van der Waals surface area contributed by atoms with Crippen molar-refractivity contribution in [3.05, 3.63) is 42.0 Å². The van der Waals surface area contributed by atoms with Crippen LogP contribution in [0.3, 0.4) is 0 Å². The van der Waals surface area contributed by atoms with E-state index in [1.807, 2.05) is 0 Å². The van der Waals surface area contributed by atoms with Crippen LogP contribution in [0.5, 0.6) is 5.75 Å². The van der Waals surface area contributed by atoms with E-state index in [0.29, 0.717) is 5.82 Å². The van der Waals surface area contributed by atoms with E-state index in [1.54, 1.807) is 12.1 Å². The molecule has 94 valence electrons. The lowest BCUT2D eigenvalue weighted by Gasteiger charge is -2.12. The molecule has 1 aromatic carbocycles. The average molecular weight is 252 g/mol. The van der Waals surface area contributed by atoms with E-state index in [9.17, 15) is 8.78 Å². The van der Waals surface area contributed by atoms with Gasteiger partial charge in [-0.3, -0.25) is 0 Å². The van der Waals surface area contributed by atoms with Crippen molar-refractivity contribution < 1.29 is 18.0 Å². The fourth-order valence-corrected chi connectivity index (χ4v) is 2.10. The lowest BCUT2D eigenvalue weighted by Crippen LogP contribution is -2.11. The van der Waals surface area contributed by atoms with E-state index >= 15 is 0 Å². The Morgan fingerprint density at radius 3 is 2.44 bits per heavy atom. The van der Waals surface area contributed by atoms with Gasteiger partial charge in [0.25, 0.3) is 0 Å². The summed E-state index contributed by atoms with van der Waals surface area (Å²) >= 11 is 0. The molecular weight excluding hydrogens is 242 g/mol. The van der Waals surface area contributed by atoms with E-state index in [4.69, 9.17) is 4.52 Å². The van der Waals surface area contributed by atoms with Crippen LogP contribution in [-0.2, 0) is 5.41 Å². The lowest BCUT2D eigenvalue weighted by atomic mass is 9.95. The van der Waals surface area contributed by atoms with Gasteiger partial charge in [0.1, 0.15) is 5.75 Å². The minimum atomic E-state index is -2.80. The highest BCUT2D eigenvalue weighted by molar-refractivity contribution is 5.41. The van der Waals surface area contributed by atoms with E-state index in [-0.39, 0.29) is 11.2 Å². The highest BCUT2D eigenvalue weighted by atomic mass is 19.3. The first-order chi connectivity index (χ1) is 8.71. The maximum atomic E-state index is 12.0. The molecule has 0 saturated heterocycles. The van der Waals surface area contributed by atoms with Crippen LogP contribution >= 0.6 is 0 Å². The van der Waals surface area contributed by atoms with Crippen LogP contribution in [0.15, 0.2) is 35.2 Å². The van der Waals surface area contributed by atoms with Gasteiger partial charge in [-0.2, -0.15) is 13.8 Å². The van der Waals surface area contributed by atoms with Crippen molar-refractivity contribution in [3.8, 4) is 5.75 Å². The minimum Gasteiger partial charge on any atom is -0.435 e. The molecule has 2 aromatic rings. The molecule has 0 N–H and O–H groups in total. The van der Waals surface area contributed by atoms with Gasteiger partial charge in [0.15, 0.2) is 5.82 Å². The van der Waals surface area contributed by atoms with Gasteiger partial charge in [-0.05, 0) is 30.5 Å². The molecule has 0 atom stereocenters. The van der Waals surface area contributed by atoms with Gasteiger partial charge >= 0.3 is 6.61 Å². The van der Waals surface area contributed by atoms with Gasteiger partial charge in [-0.15, -0.1) is 0 Å². The maximum Gasteiger partial charge on any atom is 0.387 e. The molecule has 0 unspecified atom stereocenters. The van der Waals surface area contributed by atoms with Gasteiger partial charge in [-0.1, -0.05) is 17.3 Å². The normalized spacial score (nSPS) is 16.8. The molecule has 0 spiro atoms. The predicted octanol–water partition coefficient (Wildman–Crippen LogP) is 2.75. The van der Waals surface area contributed by atoms with E-state index < -0.39 is 6.61 Å². The third-order valence-electron chi connectivity index (χ3n) is 3.17. The molecule has 3 rings (SSSR count). The minimum absolute atomic E-state index is 0.151. The number of halogens is 2. The monoisotopic (exact) mass is 252 g/mol. The Bertz CT molecular complexity index is 522. The SMILES string of the molecule is FC(F)Oc1ccc(C2(c3ncon3)CC2)cc1. The number of hydrogen-bond acceptors (Lipinski definition) is 4. The molecule has 1 heterocycles. The number of rotatable bonds is 4. The van der Waals surface area contributed by atoms with Crippen molar-refractivity contribution >= 4 is 0 Å². The number of hydrogen-bond donors (Lipinski definition) is 0. The average Bonchev–Trinajstić information content (AvgIpc) is 2.97. The molecule has 0 amide bonds. The zero-order chi connectivity index (χ0) is 12.6. The summed E-state index contributed by atoms with van der Waals surface area (Å²) in [7, 11) is 0. The van der Waals surface area contributed by atoms with Crippen molar-refractivity contribution in [3.63, 3.8) is 0 Å². The molecule has 1 aliphatic rings. The van der Waals surface area contributed by atoms with Crippen molar-refractivity contribution in [2.75, 3.05) is 0 Å². The molecule has 1 saturated carbocycles. The summed E-state index contributed by atoms with van der Waals surface area (Å²) in [5, 5.41) is 3.86. The maximum absolute atomic E-state index is 12.0. The molecule has 0 aliphatic heterocycles. The molecule has 1 fully saturated rings. The standard InChI is InChI=1S/C12H10F2N2O2/c13-11(14)18-9-3-1-8(2-4-9)12(5-6-12)10-15-7-17-16-10/h1-4,7,11H,5-6H2. The van der Waals surface area contributed by atoms with Crippen LogP contribution < -0.4 is 4.74 Å². The molecule has 0 radical (unpaired) electrons. The number of ether oxygens (including phenoxy) is 1. The van der Waals surface area contributed by atoms with Crippen molar-refractivity contribution in [2.24, 2.45) is 0 Å². The van der Waals surface area contributed by atoms with Crippen molar-refractivity contribution in [1.82, 2.24) is 10.1 Å². The first-order valence-electron chi connectivity index (χ1n) is 5.53. The molecule has 18 heavy (non-hydrogen) atoms. The lowest BCUT2D eigenvalue weighted by molar-refractivity contribution is -0.0498. The Kier molecular flexibility index (Phi) is 2.50. The second kappa shape index (κ2) is 4.04. The molecule has 1 aromatic heterocycles. The van der Waals surface area contributed by atoms with Gasteiger partial charge in [0.05, 0.1) is 5.41 Å². The third-order valence-corrected chi connectivity index (χ3v) is 3.17. The summed E-state index contributed by atoms with van der Waals surface area (Å²) < 4.78 is 33.1. The van der Waals surface area contributed by atoms with Gasteiger partial charge < -0.3 is 9.26 Å². The van der Waals surface area contributed by atoms with Crippen LogP contribution in [0.2, 0.25) is 0 Å². The molecule has 4 nitrogen and oxygen atoms in total. The predicted molar refractivity (Wildman–Crippen MR) is 57.4 cm³/mol. The van der Waals surface area contributed by atoms with Gasteiger partial charge in [0.2, 0.25) is 6.39 Å². The first kappa shape index (κ1) is 11.1. The quantitative estimate of drug-likeness (QED) is 0.839. The fraction of sp³-hybridized carbons (Fsp3) is 0.333. The van der Waals surface area contributed by atoms with Crippen LogP contribution in [0.4, 0.5) is 8.78 Å². The van der Waals surface area contributed by atoms with Crippen molar-refractivity contribution in [2.45, 2.75) is 24.9 Å². The Morgan fingerprint density at radius 1 is 1.22 bits per heavy atom. The summed E-state index contributed by atoms with van der Waals surface area (Å²) in [5.74, 6) is 0.794. The smallest absolute Gasteiger partial charge is 0.387 e. The number of aromatic nitrogens is 2. The molecule has 6 heteroatoms. The van der Waals surface area contributed by atoms with Crippen LogP contribution in [0, 0.1) is 0 Å². The van der Waals surface area contributed by atoms with Gasteiger partial charge in [0, 0.05) is 0 Å². The summed E-state index contributed by atoms with van der Waals surface area (Å²) in [4.78, 5) is 4.07. The Hall–Kier alpha value is -1.98.